The SMILES string of the molecule is CCC(O)CC1CC(NC2CCCC2)CN(C2CCC2)C1. The van der Waals surface area contributed by atoms with Gasteiger partial charge < -0.3 is 10.4 Å². The van der Waals surface area contributed by atoms with Crippen molar-refractivity contribution in [3.63, 3.8) is 0 Å². The van der Waals surface area contributed by atoms with Gasteiger partial charge in [0.25, 0.3) is 0 Å². The maximum atomic E-state index is 10.0. The standard InChI is InChI=1S/C18H34N2O/c1-2-18(21)11-14-10-16(19-15-6-3-4-7-15)13-20(12-14)17-8-5-9-17/h14-19,21H,2-13H2,1H3. The Bertz CT molecular complexity index is 312. The van der Waals surface area contributed by atoms with E-state index in [-0.39, 0.29) is 6.10 Å². The summed E-state index contributed by atoms with van der Waals surface area (Å²) < 4.78 is 0. The van der Waals surface area contributed by atoms with Crippen molar-refractivity contribution in [2.75, 3.05) is 13.1 Å². The van der Waals surface area contributed by atoms with Crippen LogP contribution in [0.3, 0.4) is 0 Å². The lowest BCUT2D eigenvalue weighted by Crippen LogP contribution is -2.56. The molecule has 0 amide bonds. The van der Waals surface area contributed by atoms with Crippen LogP contribution in [-0.2, 0) is 0 Å². The predicted octanol–water partition coefficient (Wildman–Crippen LogP) is 2.92. The summed E-state index contributed by atoms with van der Waals surface area (Å²) >= 11 is 0. The molecule has 0 bridgehead atoms. The summed E-state index contributed by atoms with van der Waals surface area (Å²) in [5.41, 5.74) is 0. The molecule has 1 aliphatic heterocycles. The first-order valence-electron chi connectivity index (χ1n) is 9.42. The Morgan fingerprint density at radius 2 is 1.81 bits per heavy atom. The quantitative estimate of drug-likeness (QED) is 0.790. The zero-order chi connectivity index (χ0) is 14.7. The molecule has 3 fully saturated rings. The van der Waals surface area contributed by atoms with Crippen LogP contribution in [0.15, 0.2) is 0 Å². The smallest absolute Gasteiger partial charge is 0.0540 e. The van der Waals surface area contributed by atoms with Gasteiger partial charge in [0.2, 0.25) is 0 Å². The topological polar surface area (TPSA) is 35.5 Å². The van der Waals surface area contributed by atoms with Gasteiger partial charge in [0.1, 0.15) is 0 Å². The summed E-state index contributed by atoms with van der Waals surface area (Å²) in [5.74, 6) is 0.688. The van der Waals surface area contributed by atoms with Gasteiger partial charge in [0, 0.05) is 31.2 Å². The van der Waals surface area contributed by atoms with E-state index in [1.165, 1.54) is 64.5 Å². The molecule has 0 aromatic carbocycles. The minimum absolute atomic E-state index is 0.0940. The largest absolute Gasteiger partial charge is 0.393 e. The van der Waals surface area contributed by atoms with E-state index >= 15 is 0 Å². The second-order valence-corrected chi connectivity index (χ2v) is 7.78. The summed E-state index contributed by atoms with van der Waals surface area (Å²) in [6, 6.07) is 2.28. The predicted molar refractivity (Wildman–Crippen MR) is 87.4 cm³/mol. The number of nitrogens with zero attached hydrogens (tertiary/aromatic N) is 1. The van der Waals surface area contributed by atoms with Gasteiger partial charge in [-0.1, -0.05) is 26.2 Å². The molecule has 122 valence electrons. The summed E-state index contributed by atoms with van der Waals surface area (Å²) in [5, 5.41) is 14.0. The van der Waals surface area contributed by atoms with Gasteiger partial charge >= 0.3 is 0 Å². The van der Waals surface area contributed by atoms with Crippen molar-refractivity contribution in [1.82, 2.24) is 10.2 Å². The molecule has 3 atom stereocenters. The van der Waals surface area contributed by atoms with Crippen LogP contribution in [-0.4, -0.2) is 47.3 Å². The second kappa shape index (κ2) is 7.43. The van der Waals surface area contributed by atoms with Crippen molar-refractivity contribution in [3.8, 4) is 0 Å². The normalized spacial score (nSPS) is 34.0. The average Bonchev–Trinajstić information content (AvgIpc) is 2.89. The summed E-state index contributed by atoms with van der Waals surface area (Å²) in [6.07, 6.45) is 12.9. The van der Waals surface area contributed by atoms with Gasteiger partial charge in [-0.25, -0.2) is 0 Å². The molecule has 0 aromatic rings. The number of rotatable bonds is 6. The van der Waals surface area contributed by atoms with Gasteiger partial charge in [-0.3, -0.25) is 4.90 Å². The molecule has 2 saturated carbocycles. The van der Waals surface area contributed by atoms with Crippen LogP contribution in [0.25, 0.3) is 0 Å². The molecule has 2 aliphatic carbocycles. The first-order valence-corrected chi connectivity index (χ1v) is 9.42. The van der Waals surface area contributed by atoms with E-state index in [0.29, 0.717) is 12.0 Å². The zero-order valence-electron chi connectivity index (χ0n) is 13.8. The van der Waals surface area contributed by atoms with E-state index < -0.39 is 0 Å². The molecule has 1 heterocycles. The molecule has 0 spiro atoms. The Balaban J connectivity index is 1.56. The van der Waals surface area contributed by atoms with Crippen LogP contribution in [0.2, 0.25) is 0 Å². The highest BCUT2D eigenvalue weighted by molar-refractivity contribution is 4.92. The number of aliphatic hydroxyl groups excluding tert-OH is 1. The molecule has 21 heavy (non-hydrogen) atoms. The molecule has 3 nitrogen and oxygen atoms in total. The molecule has 1 saturated heterocycles. The van der Waals surface area contributed by atoms with Gasteiger partial charge in [-0.15, -0.1) is 0 Å². The molecule has 3 rings (SSSR count). The highest BCUT2D eigenvalue weighted by atomic mass is 16.3. The average molecular weight is 294 g/mol. The van der Waals surface area contributed by atoms with E-state index in [9.17, 15) is 5.11 Å². The lowest BCUT2D eigenvalue weighted by atomic mass is 9.84. The number of hydrogen-bond acceptors (Lipinski definition) is 3. The molecule has 0 aromatic heterocycles. The monoisotopic (exact) mass is 294 g/mol. The first kappa shape index (κ1) is 15.8. The Morgan fingerprint density at radius 1 is 1.05 bits per heavy atom. The van der Waals surface area contributed by atoms with Crippen molar-refractivity contribution >= 4 is 0 Å². The van der Waals surface area contributed by atoms with Gasteiger partial charge in [-0.2, -0.15) is 0 Å². The van der Waals surface area contributed by atoms with Crippen molar-refractivity contribution in [2.45, 2.75) is 95.4 Å². The van der Waals surface area contributed by atoms with Crippen molar-refractivity contribution in [3.05, 3.63) is 0 Å². The Labute approximate surface area is 130 Å². The number of likely N-dealkylation sites (tertiary alicyclic amines) is 1. The minimum atomic E-state index is -0.0940. The van der Waals surface area contributed by atoms with E-state index in [0.717, 1.165) is 24.9 Å². The molecule has 2 N–H and O–H groups in total. The maximum Gasteiger partial charge on any atom is 0.0540 e. The number of piperidine rings is 1. The summed E-state index contributed by atoms with van der Waals surface area (Å²) in [7, 11) is 0. The molecule has 3 unspecified atom stereocenters. The first-order chi connectivity index (χ1) is 10.2. The Kier molecular flexibility index (Phi) is 5.58. The van der Waals surface area contributed by atoms with E-state index in [4.69, 9.17) is 0 Å². The Morgan fingerprint density at radius 3 is 2.43 bits per heavy atom. The van der Waals surface area contributed by atoms with Crippen LogP contribution in [0.4, 0.5) is 0 Å². The van der Waals surface area contributed by atoms with Crippen LogP contribution < -0.4 is 5.32 Å². The summed E-state index contributed by atoms with van der Waals surface area (Å²) in [4.78, 5) is 2.74. The maximum absolute atomic E-state index is 10.0. The van der Waals surface area contributed by atoms with E-state index in [2.05, 4.69) is 17.1 Å². The van der Waals surface area contributed by atoms with Crippen molar-refractivity contribution < 1.29 is 5.11 Å². The fourth-order valence-corrected chi connectivity index (χ4v) is 4.56. The highest BCUT2D eigenvalue weighted by Crippen LogP contribution is 2.31. The number of nitrogens with one attached hydrogen (secondary N) is 1. The Hall–Kier alpha value is -0.120. The van der Waals surface area contributed by atoms with E-state index in [1.54, 1.807) is 0 Å². The highest BCUT2D eigenvalue weighted by Gasteiger charge is 2.35. The fourth-order valence-electron chi connectivity index (χ4n) is 4.56. The third-order valence-corrected chi connectivity index (χ3v) is 6.06. The van der Waals surface area contributed by atoms with Crippen LogP contribution in [0, 0.1) is 5.92 Å². The molecular weight excluding hydrogens is 260 g/mol. The van der Waals surface area contributed by atoms with Crippen LogP contribution in [0.1, 0.15) is 71.1 Å². The number of aliphatic hydroxyl groups is 1. The second-order valence-electron chi connectivity index (χ2n) is 7.78. The van der Waals surface area contributed by atoms with Crippen molar-refractivity contribution in [2.24, 2.45) is 5.92 Å². The van der Waals surface area contributed by atoms with Crippen molar-refractivity contribution in [1.29, 1.82) is 0 Å². The molecule has 0 radical (unpaired) electrons. The van der Waals surface area contributed by atoms with Crippen LogP contribution >= 0.6 is 0 Å². The van der Waals surface area contributed by atoms with Gasteiger partial charge in [0.05, 0.1) is 6.10 Å². The summed E-state index contributed by atoms with van der Waals surface area (Å²) in [6.45, 7) is 4.58. The van der Waals surface area contributed by atoms with E-state index in [1.807, 2.05) is 0 Å². The fraction of sp³-hybridized carbons (Fsp3) is 1.00. The third kappa shape index (κ3) is 4.20. The molecular formula is C18H34N2O. The van der Waals surface area contributed by atoms with Gasteiger partial charge in [-0.05, 0) is 50.9 Å². The number of hydrogen-bond donors (Lipinski definition) is 2. The minimum Gasteiger partial charge on any atom is -0.393 e. The third-order valence-electron chi connectivity index (χ3n) is 6.06. The molecule has 3 aliphatic rings. The lowest BCUT2D eigenvalue weighted by Gasteiger charge is -2.46. The lowest BCUT2D eigenvalue weighted by molar-refractivity contribution is 0.0351. The zero-order valence-corrected chi connectivity index (χ0v) is 13.8. The van der Waals surface area contributed by atoms with Gasteiger partial charge in [0.15, 0.2) is 0 Å². The van der Waals surface area contributed by atoms with Crippen LogP contribution in [0.5, 0.6) is 0 Å². The molecule has 3 heteroatoms.